The maximum atomic E-state index is 12.2. The summed E-state index contributed by atoms with van der Waals surface area (Å²) in [6.07, 6.45) is 3.60. The number of para-hydroxylation sites is 1. The van der Waals surface area contributed by atoms with Crippen LogP contribution in [0.2, 0.25) is 5.02 Å². The molecule has 6 nitrogen and oxygen atoms in total. The number of anilines is 1. The molecule has 0 aromatic heterocycles. The summed E-state index contributed by atoms with van der Waals surface area (Å²) in [6, 6.07) is 12.5. The van der Waals surface area contributed by atoms with Gasteiger partial charge in [-0.25, -0.2) is 4.79 Å². The Labute approximate surface area is 175 Å². The quantitative estimate of drug-likeness (QED) is 0.448. The van der Waals surface area contributed by atoms with Crippen molar-refractivity contribution in [1.29, 1.82) is 0 Å². The van der Waals surface area contributed by atoms with Crippen LogP contribution in [0.5, 0.6) is 11.5 Å². The van der Waals surface area contributed by atoms with Crippen LogP contribution >= 0.6 is 11.6 Å². The molecule has 154 valence electrons. The Bertz CT molecular complexity index is 867. The highest BCUT2D eigenvalue weighted by molar-refractivity contribution is 6.32. The fraction of sp³-hybridized carbons (Fsp3) is 0.273. The molecule has 2 aromatic carbocycles. The van der Waals surface area contributed by atoms with Crippen molar-refractivity contribution < 1.29 is 23.8 Å². The van der Waals surface area contributed by atoms with Gasteiger partial charge in [-0.2, -0.15) is 0 Å². The topological polar surface area (TPSA) is 65.1 Å². The van der Waals surface area contributed by atoms with Crippen LogP contribution < -0.4 is 14.4 Å². The van der Waals surface area contributed by atoms with Gasteiger partial charge in [0.1, 0.15) is 0 Å². The van der Waals surface area contributed by atoms with Gasteiger partial charge in [-0.3, -0.25) is 4.79 Å². The van der Waals surface area contributed by atoms with Gasteiger partial charge in [0.25, 0.3) is 5.91 Å². The molecular formula is C22H24ClNO5. The van der Waals surface area contributed by atoms with Gasteiger partial charge in [0.05, 0.1) is 18.7 Å². The zero-order valence-electron chi connectivity index (χ0n) is 16.7. The number of likely N-dealkylation sites (N-methyl/N-ethyl adjacent to an activating group) is 1. The minimum absolute atomic E-state index is 0.333. The molecule has 0 aliphatic carbocycles. The highest BCUT2D eigenvalue weighted by Crippen LogP contribution is 2.36. The molecule has 0 spiro atoms. The van der Waals surface area contributed by atoms with Crippen LogP contribution in [0.15, 0.2) is 48.5 Å². The van der Waals surface area contributed by atoms with E-state index in [1.54, 1.807) is 31.3 Å². The van der Waals surface area contributed by atoms with E-state index in [1.807, 2.05) is 25.1 Å². The number of halogens is 1. The molecule has 2 rings (SSSR count). The lowest BCUT2D eigenvalue weighted by atomic mass is 10.2. The molecule has 0 radical (unpaired) electrons. The van der Waals surface area contributed by atoms with Gasteiger partial charge in [-0.05, 0) is 42.3 Å². The van der Waals surface area contributed by atoms with Crippen molar-refractivity contribution in [3.05, 3.63) is 59.1 Å². The molecular weight excluding hydrogens is 394 g/mol. The minimum atomic E-state index is -0.638. The van der Waals surface area contributed by atoms with Crippen molar-refractivity contribution in [2.45, 2.75) is 13.3 Å². The molecule has 0 N–H and O–H groups in total. The van der Waals surface area contributed by atoms with Crippen LogP contribution in [0.3, 0.4) is 0 Å². The van der Waals surface area contributed by atoms with E-state index < -0.39 is 5.97 Å². The fourth-order valence-corrected chi connectivity index (χ4v) is 2.69. The van der Waals surface area contributed by atoms with Gasteiger partial charge in [-0.15, -0.1) is 0 Å². The van der Waals surface area contributed by atoms with E-state index in [0.29, 0.717) is 28.7 Å². The zero-order chi connectivity index (χ0) is 21.2. The number of benzene rings is 2. The van der Waals surface area contributed by atoms with E-state index in [-0.39, 0.29) is 12.5 Å². The third kappa shape index (κ3) is 6.54. The molecule has 0 atom stereocenters. The molecule has 0 bridgehead atoms. The van der Waals surface area contributed by atoms with Gasteiger partial charge in [0, 0.05) is 18.8 Å². The van der Waals surface area contributed by atoms with Crippen LogP contribution in [-0.4, -0.2) is 39.2 Å². The van der Waals surface area contributed by atoms with Crippen LogP contribution in [0.4, 0.5) is 5.69 Å². The molecule has 2 aromatic rings. The number of hydrogen-bond donors (Lipinski definition) is 0. The lowest BCUT2D eigenvalue weighted by Crippen LogP contribution is -2.30. The van der Waals surface area contributed by atoms with Crippen LogP contribution in [-0.2, 0) is 14.3 Å². The van der Waals surface area contributed by atoms with Crippen LogP contribution in [0.1, 0.15) is 18.9 Å². The molecule has 1 amide bonds. The van der Waals surface area contributed by atoms with E-state index in [0.717, 1.165) is 12.1 Å². The number of rotatable bonds is 9. The number of carbonyl (C=O) groups excluding carboxylic acids is 2. The molecule has 0 aliphatic heterocycles. The summed E-state index contributed by atoms with van der Waals surface area (Å²) in [4.78, 5) is 25.5. The number of ether oxygens (including phenoxy) is 3. The molecule has 7 heteroatoms. The number of esters is 1. The van der Waals surface area contributed by atoms with Crippen molar-refractivity contribution in [2.24, 2.45) is 0 Å². The fourth-order valence-electron chi connectivity index (χ4n) is 2.42. The third-order valence-corrected chi connectivity index (χ3v) is 4.25. The van der Waals surface area contributed by atoms with Gasteiger partial charge in [0.15, 0.2) is 18.1 Å². The minimum Gasteiger partial charge on any atom is -0.493 e. The Hall–Kier alpha value is -2.99. The van der Waals surface area contributed by atoms with E-state index in [1.165, 1.54) is 24.2 Å². The highest BCUT2D eigenvalue weighted by atomic mass is 35.5. The molecule has 0 heterocycles. The largest absolute Gasteiger partial charge is 0.493 e. The maximum Gasteiger partial charge on any atom is 0.331 e. The molecule has 0 saturated carbocycles. The Morgan fingerprint density at radius 2 is 1.90 bits per heavy atom. The monoisotopic (exact) mass is 417 g/mol. The summed E-state index contributed by atoms with van der Waals surface area (Å²) in [6.45, 7) is 2.15. The first-order chi connectivity index (χ1) is 14.0. The molecule has 0 unspecified atom stereocenters. The predicted octanol–water partition coefficient (Wildman–Crippen LogP) is 4.36. The Morgan fingerprint density at radius 1 is 1.17 bits per heavy atom. The first-order valence-corrected chi connectivity index (χ1v) is 9.50. The second-order valence-electron chi connectivity index (χ2n) is 6.11. The van der Waals surface area contributed by atoms with Gasteiger partial charge in [0.2, 0.25) is 0 Å². The summed E-state index contributed by atoms with van der Waals surface area (Å²) < 4.78 is 15.9. The predicted molar refractivity (Wildman–Crippen MR) is 114 cm³/mol. The first-order valence-electron chi connectivity index (χ1n) is 9.13. The summed E-state index contributed by atoms with van der Waals surface area (Å²) in [5.41, 5.74) is 1.36. The van der Waals surface area contributed by atoms with Crippen LogP contribution in [0.25, 0.3) is 6.08 Å². The summed E-state index contributed by atoms with van der Waals surface area (Å²) in [5, 5.41) is 0.380. The van der Waals surface area contributed by atoms with E-state index in [9.17, 15) is 9.59 Å². The molecule has 0 aliphatic rings. The zero-order valence-corrected chi connectivity index (χ0v) is 17.4. The van der Waals surface area contributed by atoms with Gasteiger partial charge >= 0.3 is 5.97 Å². The molecule has 0 fully saturated rings. The number of nitrogens with zero attached hydrogens (tertiary/aromatic N) is 1. The van der Waals surface area contributed by atoms with Gasteiger partial charge in [-0.1, -0.05) is 36.7 Å². The van der Waals surface area contributed by atoms with Crippen molar-refractivity contribution in [2.75, 3.05) is 32.3 Å². The van der Waals surface area contributed by atoms with Crippen molar-refractivity contribution in [1.82, 2.24) is 0 Å². The van der Waals surface area contributed by atoms with Gasteiger partial charge < -0.3 is 19.1 Å². The van der Waals surface area contributed by atoms with E-state index in [2.05, 4.69) is 0 Å². The highest BCUT2D eigenvalue weighted by Gasteiger charge is 2.13. The number of carbonyl (C=O) groups is 2. The Morgan fingerprint density at radius 3 is 2.55 bits per heavy atom. The normalized spacial score (nSPS) is 10.6. The van der Waals surface area contributed by atoms with E-state index in [4.69, 9.17) is 25.8 Å². The lowest BCUT2D eigenvalue weighted by Gasteiger charge is -2.16. The number of methoxy groups -OCH3 is 1. The second-order valence-corrected chi connectivity index (χ2v) is 6.52. The molecule has 0 saturated heterocycles. The number of amides is 1. The smallest absolute Gasteiger partial charge is 0.331 e. The summed E-state index contributed by atoms with van der Waals surface area (Å²) in [5.74, 6) is -0.0368. The third-order valence-electron chi connectivity index (χ3n) is 3.97. The first kappa shape index (κ1) is 22.3. The summed E-state index contributed by atoms with van der Waals surface area (Å²) >= 11 is 6.25. The molecule has 29 heavy (non-hydrogen) atoms. The second kappa shape index (κ2) is 11.1. The Balaban J connectivity index is 1.96. The average molecular weight is 418 g/mol. The standard InChI is InChI=1S/C22H24ClNO5/c1-4-12-28-22-18(23)13-16(14-19(22)27-3)10-11-21(26)29-15-20(25)24(2)17-8-6-5-7-9-17/h5-11,13-14H,4,12,15H2,1-3H3/b11-10+. The Kier molecular flexibility index (Phi) is 8.55. The lowest BCUT2D eigenvalue weighted by molar-refractivity contribution is -0.142. The van der Waals surface area contributed by atoms with Crippen molar-refractivity contribution in [3.8, 4) is 11.5 Å². The van der Waals surface area contributed by atoms with Crippen molar-refractivity contribution >= 4 is 35.2 Å². The van der Waals surface area contributed by atoms with Crippen molar-refractivity contribution in [3.63, 3.8) is 0 Å². The number of hydrogen-bond acceptors (Lipinski definition) is 5. The summed E-state index contributed by atoms with van der Waals surface area (Å²) in [7, 11) is 3.14. The van der Waals surface area contributed by atoms with E-state index >= 15 is 0 Å². The maximum absolute atomic E-state index is 12.2. The average Bonchev–Trinajstić information content (AvgIpc) is 2.74. The van der Waals surface area contributed by atoms with Crippen LogP contribution in [0, 0.1) is 0 Å². The SMILES string of the molecule is CCCOc1c(Cl)cc(/C=C/C(=O)OCC(=O)N(C)c2ccccc2)cc1OC.